The van der Waals surface area contributed by atoms with Crippen molar-refractivity contribution in [2.45, 2.75) is 12.8 Å². The predicted molar refractivity (Wildman–Crippen MR) is 72.7 cm³/mol. The molecular formula is C12H15N7O2. The zero-order chi connectivity index (χ0) is 14.8. The summed E-state index contributed by atoms with van der Waals surface area (Å²) >= 11 is 0. The highest BCUT2D eigenvalue weighted by atomic mass is 16.2. The number of aromatic nitrogens is 5. The molecule has 3 heterocycles. The second-order valence-electron chi connectivity index (χ2n) is 4.81. The molecule has 0 aliphatic carbocycles. The fourth-order valence-corrected chi connectivity index (χ4v) is 2.31. The van der Waals surface area contributed by atoms with Crippen molar-refractivity contribution in [1.82, 2.24) is 30.1 Å². The van der Waals surface area contributed by atoms with E-state index in [-0.39, 0.29) is 23.3 Å². The number of hydrogen-bond donors (Lipinski definition) is 2. The van der Waals surface area contributed by atoms with Crippen LogP contribution in [0.3, 0.4) is 0 Å². The lowest BCUT2D eigenvalue weighted by molar-refractivity contribution is 0.0788. The molecule has 1 saturated heterocycles. The number of hydrogen-bond acceptors (Lipinski definition) is 5. The molecule has 0 unspecified atom stereocenters. The predicted octanol–water partition coefficient (Wildman–Crippen LogP) is 0.0265. The van der Waals surface area contributed by atoms with Crippen molar-refractivity contribution in [2.75, 3.05) is 18.4 Å². The van der Waals surface area contributed by atoms with Gasteiger partial charge in [-0.1, -0.05) is 0 Å². The largest absolute Gasteiger partial charge is 0.337 e. The van der Waals surface area contributed by atoms with Crippen LogP contribution in [-0.4, -0.2) is 55.0 Å². The second kappa shape index (κ2) is 5.35. The average Bonchev–Trinajstić information content (AvgIpc) is 3.18. The van der Waals surface area contributed by atoms with Crippen LogP contribution in [0.15, 0.2) is 12.3 Å². The lowest BCUT2D eigenvalue weighted by Gasteiger charge is -2.13. The fourth-order valence-electron chi connectivity index (χ4n) is 2.31. The molecule has 0 bridgehead atoms. The maximum absolute atomic E-state index is 12.3. The monoisotopic (exact) mass is 289 g/mol. The molecule has 2 aromatic heterocycles. The minimum Gasteiger partial charge on any atom is -0.337 e. The number of likely N-dealkylation sites (tertiary alicyclic amines) is 1. The quantitative estimate of drug-likeness (QED) is 0.828. The van der Waals surface area contributed by atoms with Gasteiger partial charge in [0.2, 0.25) is 0 Å². The van der Waals surface area contributed by atoms with Gasteiger partial charge >= 0.3 is 0 Å². The molecule has 9 heteroatoms. The molecule has 21 heavy (non-hydrogen) atoms. The summed E-state index contributed by atoms with van der Waals surface area (Å²) in [5, 5.41) is 16.6. The Bertz CT molecular complexity index is 669. The van der Waals surface area contributed by atoms with Gasteiger partial charge in [-0.25, -0.2) is 0 Å². The molecule has 2 aromatic rings. The Balaban J connectivity index is 1.78. The maximum Gasteiger partial charge on any atom is 0.278 e. The Kier molecular flexibility index (Phi) is 3.38. The smallest absolute Gasteiger partial charge is 0.278 e. The third kappa shape index (κ3) is 2.49. The molecule has 2 N–H and O–H groups in total. The first-order chi connectivity index (χ1) is 10.2. The first kappa shape index (κ1) is 13.3. The Morgan fingerprint density at radius 1 is 1.29 bits per heavy atom. The van der Waals surface area contributed by atoms with E-state index in [4.69, 9.17) is 0 Å². The van der Waals surface area contributed by atoms with Crippen LogP contribution >= 0.6 is 0 Å². The number of anilines is 1. The fraction of sp³-hybridized carbons (Fsp3) is 0.417. The van der Waals surface area contributed by atoms with Crippen molar-refractivity contribution >= 4 is 17.6 Å². The molecule has 2 amide bonds. The molecule has 0 spiro atoms. The highest BCUT2D eigenvalue weighted by molar-refractivity contribution is 6.06. The van der Waals surface area contributed by atoms with Crippen LogP contribution in [0.25, 0.3) is 0 Å². The summed E-state index contributed by atoms with van der Waals surface area (Å²) in [5.74, 6) is -0.473. The molecule has 0 atom stereocenters. The minimum absolute atomic E-state index is 0.132. The molecule has 1 aliphatic heterocycles. The van der Waals surface area contributed by atoms with E-state index < -0.39 is 0 Å². The van der Waals surface area contributed by atoms with Gasteiger partial charge in [0.25, 0.3) is 11.8 Å². The van der Waals surface area contributed by atoms with Gasteiger partial charge in [-0.15, -0.1) is 10.2 Å². The van der Waals surface area contributed by atoms with Crippen molar-refractivity contribution in [3.05, 3.63) is 23.7 Å². The van der Waals surface area contributed by atoms with Crippen LogP contribution in [0.2, 0.25) is 0 Å². The third-order valence-electron chi connectivity index (χ3n) is 3.43. The Hall–Kier alpha value is -2.71. The van der Waals surface area contributed by atoms with Crippen LogP contribution in [0.5, 0.6) is 0 Å². The Morgan fingerprint density at radius 3 is 2.71 bits per heavy atom. The van der Waals surface area contributed by atoms with Gasteiger partial charge in [0, 0.05) is 26.3 Å². The van der Waals surface area contributed by atoms with Crippen LogP contribution in [0.4, 0.5) is 5.82 Å². The number of carbonyl (C=O) groups is 2. The summed E-state index contributed by atoms with van der Waals surface area (Å²) in [7, 11) is 1.66. The summed E-state index contributed by atoms with van der Waals surface area (Å²) in [6.45, 7) is 1.42. The molecule has 3 rings (SSSR count). The van der Waals surface area contributed by atoms with Gasteiger partial charge in [0.1, 0.15) is 5.69 Å². The number of aromatic amines is 1. The summed E-state index contributed by atoms with van der Waals surface area (Å²) in [5.41, 5.74) is 0.505. The van der Waals surface area contributed by atoms with Crippen LogP contribution in [0, 0.1) is 0 Å². The van der Waals surface area contributed by atoms with E-state index in [0.29, 0.717) is 18.8 Å². The van der Waals surface area contributed by atoms with Crippen molar-refractivity contribution in [2.24, 2.45) is 7.05 Å². The lowest BCUT2D eigenvalue weighted by Crippen LogP contribution is -2.29. The summed E-state index contributed by atoms with van der Waals surface area (Å²) < 4.78 is 1.44. The Labute approximate surface area is 120 Å². The summed E-state index contributed by atoms with van der Waals surface area (Å²) in [6, 6.07) is 1.58. The Morgan fingerprint density at radius 2 is 2.05 bits per heavy atom. The van der Waals surface area contributed by atoms with E-state index >= 15 is 0 Å². The van der Waals surface area contributed by atoms with E-state index in [1.807, 2.05) is 0 Å². The number of carbonyl (C=O) groups excluding carboxylic acids is 2. The maximum atomic E-state index is 12.3. The van der Waals surface area contributed by atoms with Crippen LogP contribution < -0.4 is 5.32 Å². The van der Waals surface area contributed by atoms with Crippen molar-refractivity contribution in [1.29, 1.82) is 0 Å². The number of nitrogens with zero attached hydrogens (tertiary/aromatic N) is 5. The lowest BCUT2D eigenvalue weighted by atomic mass is 10.3. The van der Waals surface area contributed by atoms with Crippen LogP contribution in [0.1, 0.15) is 33.8 Å². The zero-order valence-electron chi connectivity index (χ0n) is 11.5. The van der Waals surface area contributed by atoms with E-state index in [2.05, 4.69) is 25.8 Å². The normalized spacial score (nSPS) is 14.4. The molecule has 110 valence electrons. The molecular weight excluding hydrogens is 274 g/mol. The van der Waals surface area contributed by atoms with E-state index in [1.165, 1.54) is 10.9 Å². The molecule has 1 fully saturated rings. The number of nitrogens with one attached hydrogen (secondary N) is 2. The molecule has 1 aliphatic rings. The van der Waals surface area contributed by atoms with Crippen molar-refractivity contribution in [3.8, 4) is 0 Å². The van der Waals surface area contributed by atoms with Gasteiger partial charge in [-0.3, -0.25) is 14.3 Å². The highest BCUT2D eigenvalue weighted by Gasteiger charge is 2.26. The first-order valence-corrected chi connectivity index (χ1v) is 6.66. The van der Waals surface area contributed by atoms with Gasteiger partial charge in [-0.05, 0) is 18.9 Å². The van der Waals surface area contributed by atoms with E-state index in [9.17, 15) is 9.59 Å². The number of H-pyrrole nitrogens is 1. The SMILES string of the molecule is Cn1nccc1C(=O)Nc1n[nH]nc1C(=O)N1CCCC1. The third-order valence-corrected chi connectivity index (χ3v) is 3.43. The summed E-state index contributed by atoms with van der Waals surface area (Å²) in [4.78, 5) is 26.1. The topological polar surface area (TPSA) is 109 Å². The van der Waals surface area contributed by atoms with E-state index in [0.717, 1.165) is 12.8 Å². The number of rotatable bonds is 3. The molecule has 9 nitrogen and oxygen atoms in total. The molecule has 0 aromatic carbocycles. The second-order valence-corrected chi connectivity index (χ2v) is 4.81. The van der Waals surface area contributed by atoms with Crippen molar-refractivity contribution in [3.63, 3.8) is 0 Å². The highest BCUT2D eigenvalue weighted by Crippen LogP contribution is 2.16. The molecule has 0 radical (unpaired) electrons. The standard InChI is InChI=1S/C12H15N7O2/c1-18-8(4-5-13-18)11(20)14-10-9(15-17-16-10)12(21)19-6-2-3-7-19/h4-5H,2-3,6-7H2,1H3,(H2,14,15,16,17,20). The van der Waals surface area contributed by atoms with Gasteiger partial charge in [-0.2, -0.15) is 10.3 Å². The minimum atomic E-state index is -0.389. The van der Waals surface area contributed by atoms with Crippen LogP contribution in [-0.2, 0) is 7.05 Å². The van der Waals surface area contributed by atoms with Gasteiger partial charge < -0.3 is 10.2 Å². The zero-order valence-corrected chi connectivity index (χ0v) is 11.5. The first-order valence-electron chi connectivity index (χ1n) is 6.66. The number of aryl methyl sites for hydroxylation is 1. The summed E-state index contributed by atoms with van der Waals surface area (Å²) in [6.07, 6.45) is 3.49. The number of amides is 2. The van der Waals surface area contributed by atoms with Crippen molar-refractivity contribution < 1.29 is 9.59 Å². The average molecular weight is 289 g/mol. The molecule has 0 saturated carbocycles. The van der Waals surface area contributed by atoms with Gasteiger partial charge in [0.15, 0.2) is 11.5 Å². The van der Waals surface area contributed by atoms with E-state index in [1.54, 1.807) is 18.0 Å². The van der Waals surface area contributed by atoms with Gasteiger partial charge in [0.05, 0.1) is 0 Å².